The topological polar surface area (TPSA) is 88.3 Å². The Kier molecular flexibility index (Phi) is 7.15. The summed E-state index contributed by atoms with van der Waals surface area (Å²) in [5.74, 6) is -0.930. The van der Waals surface area contributed by atoms with Crippen LogP contribution in [-0.4, -0.2) is 30.0 Å². The standard InChI is InChI=1S/C17H17BrN2O4S/c1-2-24-13(21)10-12-15(22)20-17(25-12)14(18)16(23)19-9-8-11-6-4-3-5-7-11/h3-7,10H,2,8-9H2,1H3,(H,19,23)(H,20,22)/b12-10-,17-14-. The molecule has 0 spiro atoms. The van der Waals surface area contributed by atoms with Crippen LogP contribution in [0.1, 0.15) is 12.5 Å². The maximum Gasteiger partial charge on any atom is 0.332 e. The van der Waals surface area contributed by atoms with Crippen molar-refractivity contribution < 1.29 is 14.3 Å². The fourth-order valence-electron chi connectivity index (χ4n) is 1.98. The van der Waals surface area contributed by atoms with Gasteiger partial charge in [-0.05, 0) is 34.8 Å². The molecule has 2 N–H and O–H groups in total. The van der Waals surface area contributed by atoms with Gasteiger partial charge in [0.25, 0.3) is 11.5 Å². The fourth-order valence-corrected chi connectivity index (χ4v) is 3.30. The second-order valence-electron chi connectivity index (χ2n) is 4.95. The molecular formula is C17H17BrN2O4S. The fraction of sp³-hybridized carbons (Fsp3) is 0.235. The van der Waals surface area contributed by atoms with Crippen LogP contribution in [-0.2, 0) is 20.7 Å². The van der Waals surface area contributed by atoms with Crippen LogP contribution >= 0.6 is 27.3 Å². The number of benzene rings is 1. The van der Waals surface area contributed by atoms with Gasteiger partial charge in [0.05, 0.1) is 6.61 Å². The van der Waals surface area contributed by atoms with Gasteiger partial charge >= 0.3 is 5.97 Å². The zero-order chi connectivity index (χ0) is 18.2. The molecule has 25 heavy (non-hydrogen) atoms. The number of H-pyrrole nitrogens is 1. The molecule has 1 aromatic carbocycles. The molecule has 0 saturated heterocycles. The van der Waals surface area contributed by atoms with Gasteiger partial charge in [0.1, 0.15) is 13.7 Å². The molecule has 1 heterocycles. The van der Waals surface area contributed by atoms with E-state index in [2.05, 4.69) is 26.2 Å². The minimum atomic E-state index is -0.593. The number of carbonyl (C=O) groups excluding carboxylic acids is 2. The number of aromatic amines is 1. The molecule has 2 rings (SSSR count). The maximum atomic E-state index is 12.2. The van der Waals surface area contributed by atoms with Crippen molar-refractivity contribution in [2.45, 2.75) is 13.3 Å². The van der Waals surface area contributed by atoms with Gasteiger partial charge in [0.15, 0.2) is 0 Å². The SMILES string of the molecule is CCOC(=O)/C=c1\s/c(=C(\Br)C(=O)NCCc2ccccc2)[nH]c1=O. The van der Waals surface area contributed by atoms with Crippen LogP contribution in [0.4, 0.5) is 0 Å². The number of aromatic nitrogens is 1. The van der Waals surface area contributed by atoms with Crippen molar-refractivity contribution in [2.75, 3.05) is 13.2 Å². The first-order valence-electron chi connectivity index (χ1n) is 7.60. The van der Waals surface area contributed by atoms with Crippen molar-refractivity contribution in [3.63, 3.8) is 0 Å². The highest BCUT2D eigenvalue weighted by Gasteiger charge is 2.09. The summed E-state index contributed by atoms with van der Waals surface area (Å²) in [6.07, 6.45) is 1.82. The molecule has 0 unspecified atom stereocenters. The third-order valence-corrected chi connectivity index (χ3v) is 5.19. The van der Waals surface area contributed by atoms with Crippen LogP contribution in [0.25, 0.3) is 10.6 Å². The lowest BCUT2D eigenvalue weighted by molar-refractivity contribution is -0.135. The van der Waals surface area contributed by atoms with Crippen LogP contribution in [0.2, 0.25) is 0 Å². The second kappa shape index (κ2) is 9.33. The molecule has 0 aliphatic rings. The third kappa shape index (κ3) is 5.68. The Morgan fingerprint density at radius 3 is 2.72 bits per heavy atom. The first-order valence-corrected chi connectivity index (χ1v) is 9.21. The predicted octanol–water partition coefficient (Wildman–Crippen LogP) is 0.642. The van der Waals surface area contributed by atoms with Crippen LogP contribution in [0.5, 0.6) is 0 Å². The van der Waals surface area contributed by atoms with E-state index in [0.717, 1.165) is 23.0 Å². The van der Waals surface area contributed by atoms with Gasteiger partial charge in [0, 0.05) is 12.6 Å². The Labute approximate surface area is 156 Å². The van der Waals surface area contributed by atoms with Gasteiger partial charge in [-0.3, -0.25) is 9.59 Å². The lowest BCUT2D eigenvalue weighted by Crippen LogP contribution is -2.28. The number of hydrogen-bond donors (Lipinski definition) is 2. The molecule has 0 aliphatic carbocycles. The summed E-state index contributed by atoms with van der Waals surface area (Å²) in [5.41, 5.74) is 0.678. The molecule has 1 amide bonds. The first-order chi connectivity index (χ1) is 12.0. The van der Waals surface area contributed by atoms with E-state index in [0.29, 0.717) is 17.6 Å². The van der Waals surface area contributed by atoms with E-state index in [1.54, 1.807) is 6.92 Å². The molecule has 6 nitrogen and oxygen atoms in total. The smallest absolute Gasteiger partial charge is 0.332 e. The Morgan fingerprint density at radius 2 is 2.04 bits per heavy atom. The molecule has 0 radical (unpaired) electrons. The minimum Gasteiger partial charge on any atom is -0.463 e. The van der Waals surface area contributed by atoms with Crippen molar-refractivity contribution >= 4 is 49.7 Å². The molecular weight excluding hydrogens is 408 g/mol. The Morgan fingerprint density at radius 1 is 1.32 bits per heavy atom. The number of hydrogen-bond acceptors (Lipinski definition) is 5. The summed E-state index contributed by atoms with van der Waals surface area (Å²) in [4.78, 5) is 38.0. The summed E-state index contributed by atoms with van der Waals surface area (Å²) >= 11 is 4.21. The van der Waals surface area contributed by atoms with Gasteiger partial charge in [-0.15, -0.1) is 11.3 Å². The van der Waals surface area contributed by atoms with E-state index in [4.69, 9.17) is 4.74 Å². The zero-order valence-electron chi connectivity index (χ0n) is 13.5. The molecule has 0 aliphatic heterocycles. The van der Waals surface area contributed by atoms with Gasteiger partial charge in [-0.25, -0.2) is 4.79 Å². The number of carbonyl (C=O) groups is 2. The summed E-state index contributed by atoms with van der Waals surface area (Å²) in [5, 5.41) is 2.78. The normalized spacial score (nSPS) is 12.6. The molecule has 1 aromatic heterocycles. The maximum absolute atomic E-state index is 12.2. The highest BCUT2D eigenvalue weighted by molar-refractivity contribution is 9.15. The average molecular weight is 425 g/mol. The molecule has 0 fully saturated rings. The molecule has 0 atom stereocenters. The number of nitrogens with one attached hydrogen (secondary N) is 2. The summed E-state index contributed by atoms with van der Waals surface area (Å²) in [6, 6.07) is 9.79. The molecule has 8 heteroatoms. The van der Waals surface area contributed by atoms with Gasteiger partial charge < -0.3 is 15.0 Å². The number of halogens is 1. The monoisotopic (exact) mass is 424 g/mol. The molecule has 0 bridgehead atoms. The van der Waals surface area contributed by atoms with Crippen LogP contribution in [0.15, 0.2) is 35.1 Å². The van der Waals surface area contributed by atoms with Gasteiger partial charge in [-0.2, -0.15) is 0 Å². The van der Waals surface area contributed by atoms with Gasteiger partial charge in [0.2, 0.25) is 0 Å². The molecule has 2 aromatic rings. The quantitative estimate of drug-likeness (QED) is 0.666. The predicted molar refractivity (Wildman–Crippen MR) is 101 cm³/mol. The highest BCUT2D eigenvalue weighted by atomic mass is 79.9. The van der Waals surface area contributed by atoms with E-state index >= 15 is 0 Å². The lowest BCUT2D eigenvalue weighted by Gasteiger charge is -2.04. The summed E-state index contributed by atoms with van der Waals surface area (Å²) in [6.45, 7) is 2.38. The van der Waals surface area contributed by atoms with Crippen LogP contribution in [0.3, 0.4) is 0 Å². The number of rotatable bonds is 6. The Bertz CT molecular complexity index is 918. The van der Waals surface area contributed by atoms with Crippen LogP contribution in [0, 0.1) is 0 Å². The number of thiazole rings is 1. The van der Waals surface area contributed by atoms with Crippen molar-refractivity contribution in [1.82, 2.24) is 10.3 Å². The summed E-state index contributed by atoms with van der Waals surface area (Å²) in [7, 11) is 0. The Balaban J connectivity index is 2.09. The van der Waals surface area contributed by atoms with E-state index in [-0.39, 0.29) is 21.5 Å². The van der Waals surface area contributed by atoms with Crippen molar-refractivity contribution in [2.24, 2.45) is 0 Å². The second-order valence-corrected chi connectivity index (χ2v) is 6.80. The minimum absolute atomic E-state index is 0.183. The van der Waals surface area contributed by atoms with Crippen LogP contribution < -0.4 is 20.1 Å². The number of amides is 1. The van der Waals surface area contributed by atoms with Crippen molar-refractivity contribution in [3.05, 3.63) is 55.4 Å². The van der Waals surface area contributed by atoms with E-state index < -0.39 is 11.5 Å². The Hall–Kier alpha value is -2.19. The molecule has 0 saturated carbocycles. The largest absolute Gasteiger partial charge is 0.463 e. The highest BCUT2D eigenvalue weighted by Crippen LogP contribution is 2.04. The van der Waals surface area contributed by atoms with E-state index in [1.807, 2.05) is 30.3 Å². The number of esters is 1. The van der Waals surface area contributed by atoms with E-state index in [9.17, 15) is 14.4 Å². The van der Waals surface area contributed by atoms with Crippen molar-refractivity contribution in [1.29, 1.82) is 0 Å². The van der Waals surface area contributed by atoms with E-state index in [1.165, 1.54) is 0 Å². The third-order valence-electron chi connectivity index (χ3n) is 3.14. The molecule has 132 valence electrons. The lowest BCUT2D eigenvalue weighted by atomic mass is 10.1. The average Bonchev–Trinajstić information content (AvgIpc) is 2.96. The van der Waals surface area contributed by atoms with Crippen molar-refractivity contribution in [3.8, 4) is 0 Å². The summed E-state index contributed by atoms with van der Waals surface area (Å²) < 4.78 is 5.52. The first kappa shape index (κ1) is 19.1. The zero-order valence-corrected chi connectivity index (χ0v) is 15.9. The van der Waals surface area contributed by atoms with Gasteiger partial charge in [-0.1, -0.05) is 30.3 Å². The number of ether oxygens (including phenoxy) is 1.